The summed E-state index contributed by atoms with van der Waals surface area (Å²) in [5.74, 6) is -0.266. The normalized spacial score (nSPS) is 15.6. The molecule has 0 bridgehead atoms. The van der Waals surface area contributed by atoms with E-state index in [2.05, 4.69) is 10.2 Å². The van der Waals surface area contributed by atoms with Crippen LogP contribution in [-0.4, -0.2) is 61.1 Å². The number of hydrogen-bond acceptors (Lipinski definition) is 4. The van der Waals surface area contributed by atoms with Gasteiger partial charge in [0.25, 0.3) is 0 Å². The fourth-order valence-electron chi connectivity index (χ4n) is 2.59. The Hall–Kier alpha value is -2.29. The van der Waals surface area contributed by atoms with Crippen molar-refractivity contribution in [3.05, 3.63) is 29.8 Å². The number of benzene rings is 1. The quantitative estimate of drug-likeness (QED) is 0.862. The maximum absolute atomic E-state index is 12.5. The molecule has 0 atom stereocenters. The number of carbonyl (C=O) groups is 2. The molecule has 1 heterocycles. The zero-order chi connectivity index (χ0) is 19.2. The number of hydrogen-bond donors (Lipinski definition) is 1. The second-order valence-corrected chi connectivity index (χ2v) is 5.90. The number of rotatable bonds is 5. The molecule has 0 saturated carbocycles. The first-order valence-electron chi connectivity index (χ1n) is 8.40. The lowest BCUT2D eigenvalue weighted by Crippen LogP contribution is -2.49. The number of carbonyl (C=O) groups excluding carboxylic acids is 2. The number of ether oxygens (including phenoxy) is 1. The molecule has 0 aromatic heterocycles. The fraction of sp³-hybridized carbons (Fsp3) is 0.529. The molecule has 144 valence electrons. The predicted octanol–water partition coefficient (Wildman–Crippen LogP) is 2.81. The summed E-state index contributed by atoms with van der Waals surface area (Å²) in [5.41, 5.74) is -0.426. The standard InChI is InChI=1S/C17H22F3N3O3/c1-2-26-16(25)23-11-9-22(10-12-23)8-7-15(24)21-14-5-3-13(4-6-14)17(18,19)20/h3-6H,2,7-12H2,1H3,(H,21,24). The van der Waals surface area contributed by atoms with Gasteiger partial charge in [0, 0.05) is 44.8 Å². The zero-order valence-corrected chi connectivity index (χ0v) is 14.5. The van der Waals surface area contributed by atoms with Gasteiger partial charge < -0.3 is 15.0 Å². The van der Waals surface area contributed by atoms with Crippen molar-refractivity contribution in [2.75, 3.05) is 44.6 Å². The van der Waals surface area contributed by atoms with Crippen LogP contribution in [0.4, 0.5) is 23.7 Å². The summed E-state index contributed by atoms with van der Waals surface area (Å²) in [6, 6.07) is 4.34. The maximum Gasteiger partial charge on any atom is 0.416 e. The number of nitrogens with one attached hydrogen (secondary N) is 1. The third kappa shape index (κ3) is 5.91. The molecule has 6 nitrogen and oxygen atoms in total. The molecule has 0 radical (unpaired) electrons. The minimum atomic E-state index is -4.39. The van der Waals surface area contributed by atoms with Crippen molar-refractivity contribution < 1.29 is 27.5 Å². The monoisotopic (exact) mass is 373 g/mol. The summed E-state index contributed by atoms with van der Waals surface area (Å²) in [6.07, 6.45) is -4.50. The van der Waals surface area contributed by atoms with E-state index >= 15 is 0 Å². The van der Waals surface area contributed by atoms with Crippen molar-refractivity contribution in [3.8, 4) is 0 Å². The van der Waals surface area contributed by atoms with Gasteiger partial charge >= 0.3 is 12.3 Å². The molecule has 1 saturated heterocycles. The van der Waals surface area contributed by atoms with Crippen LogP contribution in [0.5, 0.6) is 0 Å². The van der Waals surface area contributed by atoms with Crippen molar-refractivity contribution in [2.24, 2.45) is 0 Å². The number of anilines is 1. The second kappa shape index (κ2) is 8.88. The number of alkyl halides is 3. The van der Waals surface area contributed by atoms with Gasteiger partial charge in [0.05, 0.1) is 12.2 Å². The minimum absolute atomic E-state index is 0.223. The molecule has 0 unspecified atom stereocenters. The average molecular weight is 373 g/mol. The Balaban J connectivity index is 1.72. The van der Waals surface area contributed by atoms with Crippen molar-refractivity contribution in [3.63, 3.8) is 0 Å². The third-order valence-corrected chi connectivity index (χ3v) is 4.05. The van der Waals surface area contributed by atoms with Crippen LogP contribution < -0.4 is 5.32 Å². The number of nitrogens with zero attached hydrogens (tertiary/aromatic N) is 2. The van der Waals surface area contributed by atoms with Gasteiger partial charge in [-0.3, -0.25) is 9.69 Å². The molecule has 1 aliphatic heterocycles. The number of amides is 2. The topological polar surface area (TPSA) is 61.9 Å². The van der Waals surface area contributed by atoms with Crippen LogP contribution in [-0.2, 0) is 15.7 Å². The maximum atomic E-state index is 12.5. The Kier molecular flexibility index (Phi) is 6.84. The second-order valence-electron chi connectivity index (χ2n) is 5.90. The first-order valence-corrected chi connectivity index (χ1v) is 8.40. The highest BCUT2D eigenvalue weighted by molar-refractivity contribution is 5.90. The van der Waals surface area contributed by atoms with E-state index < -0.39 is 11.7 Å². The summed E-state index contributed by atoms with van der Waals surface area (Å²) < 4.78 is 42.5. The van der Waals surface area contributed by atoms with E-state index in [1.807, 2.05) is 0 Å². The van der Waals surface area contributed by atoms with Gasteiger partial charge in [0.1, 0.15) is 0 Å². The van der Waals surface area contributed by atoms with Gasteiger partial charge in [-0.2, -0.15) is 13.2 Å². The smallest absolute Gasteiger partial charge is 0.416 e. The van der Waals surface area contributed by atoms with E-state index in [0.29, 0.717) is 45.0 Å². The Morgan fingerprint density at radius 3 is 2.27 bits per heavy atom. The zero-order valence-electron chi connectivity index (χ0n) is 14.5. The third-order valence-electron chi connectivity index (χ3n) is 4.05. The van der Waals surface area contributed by atoms with Gasteiger partial charge in [0.2, 0.25) is 5.91 Å². The van der Waals surface area contributed by atoms with E-state index in [4.69, 9.17) is 4.74 Å². The highest BCUT2D eigenvalue weighted by Gasteiger charge is 2.30. The summed E-state index contributed by atoms with van der Waals surface area (Å²) in [6.45, 7) is 4.98. The first-order chi connectivity index (χ1) is 12.3. The Labute approximate surface area is 149 Å². The molecule has 1 aromatic rings. The van der Waals surface area contributed by atoms with Crippen LogP contribution in [0.3, 0.4) is 0 Å². The van der Waals surface area contributed by atoms with Gasteiger partial charge in [0.15, 0.2) is 0 Å². The van der Waals surface area contributed by atoms with Gasteiger partial charge in [-0.15, -0.1) is 0 Å². The van der Waals surface area contributed by atoms with Crippen LogP contribution in [0, 0.1) is 0 Å². The molecular formula is C17H22F3N3O3. The molecule has 1 aliphatic rings. The molecule has 0 spiro atoms. The Morgan fingerprint density at radius 2 is 1.73 bits per heavy atom. The lowest BCUT2D eigenvalue weighted by molar-refractivity contribution is -0.137. The Morgan fingerprint density at radius 1 is 1.12 bits per heavy atom. The molecule has 1 N–H and O–H groups in total. The van der Waals surface area contributed by atoms with Crippen molar-refractivity contribution >= 4 is 17.7 Å². The van der Waals surface area contributed by atoms with Crippen molar-refractivity contribution in [2.45, 2.75) is 19.5 Å². The van der Waals surface area contributed by atoms with Crippen molar-refractivity contribution in [1.82, 2.24) is 9.80 Å². The lowest BCUT2D eigenvalue weighted by atomic mass is 10.2. The minimum Gasteiger partial charge on any atom is -0.450 e. The number of halogens is 3. The summed E-state index contributed by atoms with van der Waals surface area (Å²) in [4.78, 5) is 27.2. The van der Waals surface area contributed by atoms with Crippen LogP contribution in [0.25, 0.3) is 0 Å². The molecule has 1 aromatic carbocycles. The summed E-state index contributed by atoms with van der Waals surface area (Å²) in [5, 5.41) is 2.59. The largest absolute Gasteiger partial charge is 0.450 e. The van der Waals surface area contributed by atoms with Crippen LogP contribution in [0.15, 0.2) is 24.3 Å². The van der Waals surface area contributed by atoms with Crippen LogP contribution in [0.2, 0.25) is 0 Å². The lowest BCUT2D eigenvalue weighted by Gasteiger charge is -2.33. The summed E-state index contributed by atoms with van der Waals surface area (Å²) >= 11 is 0. The average Bonchev–Trinajstić information content (AvgIpc) is 2.60. The first kappa shape index (κ1) is 20.0. The predicted molar refractivity (Wildman–Crippen MR) is 89.7 cm³/mol. The molecule has 0 aliphatic carbocycles. The molecule has 9 heteroatoms. The summed E-state index contributed by atoms with van der Waals surface area (Å²) in [7, 11) is 0. The van der Waals surface area contributed by atoms with Gasteiger partial charge in [-0.05, 0) is 31.2 Å². The highest BCUT2D eigenvalue weighted by atomic mass is 19.4. The molecule has 1 fully saturated rings. The van der Waals surface area contributed by atoms with E-state index in [0.717, 1.165) is 12.1 Å². The van der Waals surface area contributed by atoms with Crippen LogP contribution in [0.1, 0.15) is 18.9 Å². The number of piperazine rings is 1. The fourth-order valence-corrected chi connectivity index (χ4v) is 2.59. The molecule has 2 rings (SSSR count). The van der Waals surface area contributed by atoms with Crippen molar-refractivity contribution in [1.29, 1.82) is 0 Å². The molecular weight excluding hydrogens is 351 g/mol. The van der Waals surface area contributed by atoms with E-state index in [1.54, 1.807) is 11.8 Å². The van der Waals surface area contributed by atoms with E-state index in [9.17, 15) is 22.8 Å². The van der Waals surface area contributed by atoms with E-state index in [1.165, 1.54) is 12.1 Å². The molecule has 26 heavy (non-hydrogen) atoms. The highest BCUT2D eigenvalue weighted by Crippen LogP contribution is 2.29. The van der Waals surface area contributed by atoms with Gasteiger partial charge in [-0.1, -0.05) is 0 Å². The van der Waals surface area contributed by atoms with E-state index in [-0.39, 0.29) is 18.4 Å². The Bertz CT molecular complexity index is 612. The SMILES string of the molecule is CCOC(=O)N1CCN(CCC(=O)Nc2ccc(C(F)(F)F)cc2)CC1. The van der Waals surface area contributed by atoms with Gasteiger partial charge in [-0.25, -0.2) is 4.79 Å². The molecule has 2 amide bonds. The van der Waals surface area contributed by atoms with Crippen LogP contribution >= 0.6 is 0 Å².